The van der Waals surface area contributed by atoms with Crippen LogP contribution in [0.3, 0.4) is 0 Å². The molecule has 198 valence electrons. The first kappa shape index (κ1) is 26.8. The molecule has 1 aliphatic rings. The number of rotatable bonds is 12. The largest absolute Gasteiger partial charge is 0.508 e. The van der Waals surface area contributed by atoms with E-state index in [1.807, 2.05) is 6.07 Å². The van der Waals surface area contributed by atoms with E-state index < -0.39 is 0 Å². The molecular formula is C31H40N2O4. The number of ether oxygens (including phenoxy) is 3. The molecule has 1 N–H and O–H groups in total. The number of hydrogen-bond acceptors (Lipinski definition) is 6. The molecule has 0 fully saturated rings. The average molecular weight is 505 g/mol. The second kappa shape index (κ2) is 12.8. The van der Waals surface area contributed by atoms with Gasteiger partial charge in [0, 0.05) is 45.5 Å². The maximum Gasteiger partial charge on any atom is 0.120 e. The normalized spacial score (nSPS) is 14.9. The van der Waals surface area contributed by atoms with Crippen molar-refractivity contribution in [2.75, 3.05) is 59.5 Å². The van der Waals surface area contributed by atoms with Gasteiger partial charge in [-0.15, -0.1) is 0 Å². The van der Waals surface area contributed by atoms with Crippen molar-refractivity contribution in [1.29, 1.82) is 0 Å². The monoisotopic (exact) mass is 504 g/mol. The zero-order valence-corrected chi connectivity index (χ0v) is 22.6. The third-order valence-electron chi connectivity index (χ3n) is 7.27. The van der Waals surface area contributed by atoms with Crippen LogP contribution in [0.1, 0.15) is 34.6 Å². The first-order valence-corrected chi connectivity index (χ1v) is 13.1. The van der Waals surface area contributed by atoms with Crippen LogP contribution in [0.15, 0.2) is 60.7 Å². The minimum Gasteiger partial charge on any atom is -0.508 e. The van der Waals surface area contributed by atoms with Gasteiger partial charge in [0.05, 0.1) is 13.7 Å². The Kier molecular flexibility index (Phi) is 9.31. The molecule has 3 aromatic rings. The Morgan fingerprint density at radius 2 is 1.62 bits per heavy atom. The molecule has 6 heteroatoms. The molecule has 0 amide bonds. The van der Waals surface area contributed by atoms with E-state index >= 15 is 0 Å². The molecule has 1 unspecified atom stereocenters. The van der Waals surface area contributed by atoms with Crippen LogP contribution in [0.25, 0.3) is 0 Å². The molecule has 0 aliphatic heterocycles. The zero-order chi connectivity index (χ0) is 26.2. The van der Waals surface area contributed by atoms with Crippen LogP contribution in [-0.2, 0) is 24.1 Å². The number of phenolic OH excluding ortho intramolecular Hbond substituents is 1. The van der Waals surface area contributed by atoms with Gasteiger partial charge >= 0.3 is 0 Å². The highest BCUT2D eigenvalue weighted by atomic mass is 16.5. The molecule has 1 atom stereocenters. The number of anilines is 1. The summed E-state index contributed by atoms with van der Waals surface area (Å²) < 4.78 is 16.6. The molecule has 0 saturated carbocycles. The summed E-state index contributed by atoms with van der Waals surface area (Å²) in [4.78, 5) is 4.51. The second-order valence-corrected chi connectivity index (χ2v) is 9.96. The van der Waals surface area contributed by atoms with E-state index in [1.54, 1.807) is 20.3 Å². The van der Waals surface area contributed by atoms with Gasteiger partial charge in [-0.05, 0) is 84.8 Å². The molecule has 1 aliphatic carbocycles. The summed E-state index contributed by atoms with van der Waals surface area (Å²) in [6.45, 7) is 3.92. The lowest BCUT2D eigenvalue weighted by Gasteiger charge is -2.30. The fourth-order valence-corrected chi connectivity index (χ4v) is 5.06. The summed E-state index contributed by atoms with van der Waals surface area (Å²) >= 11 is 0. The number of hydrogen-bond donors (Lipinski definition) is 1. The number of nitrogens with zero attached hydrogens (tertiary/aromatic N) is 2. The number of aryl methyl sites for hydroxylation is 1. The van der Waals surface area contributed by atoms with Crippen LogP contribution >= 0.6 is 0 Å². The maximum atomic E-state index is 9.86. The van der Waals surface area contributed by atoms with E-state index in [2.05, 4.69) is 72.4 Å². The van der Waals surface area contributed by atoms with Crippen molar-refractivity contribution in [3.05, 3.63) is 82.9 Å². The highest BCUT2D eigenvalue weighted by molar-refractivity contribution is 5.59. The average Bonchev–Trinajstić information content (AvgIpc) is 2.92. The number of phenols is 1. The summed E-state index contributed by atoms with van der Waals surface area (Å²) in [6, 6.07) is 20.6. The molecule has 3 aromatic carbocycles. The molecule has 0 spiro atoms. The summed E-state index contributed by atoms with van der Waals surface area (Å²) in [5.74, 6) is 2.54. The quantitative estimate of drug-likeness (QED) is 0.363. The van der Waals surface area contributed by atoms with Crippen molar-refractivity contribution < 1.29 is 19.3 Å². The van der Waals surface area contributed by atoms with Crippen LogP contribution < -0.4 is 14.4 Å². The predicted molar refractivity (Wildman–Crippen MR) is 149 cm³/mol. The summed E-state index contributed by atoms with van der Waals surface area (Å²) in [7, 11) is 7.66. The molecule has 37 heavy (non-hydrogen) atoms. The number of likely N-dealkylation sites (N-methyl/N-ethyl adjacent to an activating group) is 1. The molecule has 0 radical (unpaired) electrons. The molecule has 0 heterocycles. The van der Waals surface area contributed by atoms with Crippen molar-refractivity contribution in [2.45, 2.75) is 31.7 Å². The highest BCUT2D eigenvalue weighted by Crippen LogP contribution is 2.39. The van der Waals surface area contributed by atoms with E-state index in [4.69, 9.17) is 14.2 Å². The van der Waals surface area contributed by atoms with Crippen molar-refractivity contribution in [2.24, 2.45) is 0 Å². The molecule has 0 saturated heterocycles. The van der Waals surface area contributed by atoms with Crippen molar-refractivity contribution >= 4 is 5.69 Å². The molecule has 0 aromatic heterocycles. The third-order valence-corrected chi connectivity index (χ3v) is 7.27. The first-order chi connectivity index (χ1) is 18.0. The van der Waals surface area contributed by atoms with Crippen LogP contribution in [-0.4, -0.2) is 64.6 Å². The lowest BCUT2D eigenvalue weighted by molar-refractivity contribution is 0.150. The highest BCUT2D eigenvalue weighted by Gasteiger charge is 2.24. The predicted octanol–water partition coefficient (Wildman–Crippen LogP) is 5.27. The van der Waals surface area contributed by atoms with Gasteiger partial charge in [-0.3, -0.25) is 0 Å². The number of methoxy groups -OCH3 is 2. The Balaban J connectivity index is 1.42. The third kappa shape index (κ3) is 7.18. The zero-order valence-electron chi connectivity index (χ0n) is 22.6. The maximum absolute atomic E-state index is 9.86. The summed E-state index contributed by atoms with van der Waals surface area (Å²) in [5, 5.41) is 9.86. The van der Waals surface area contributed by atoms with Gasteiger partial charge in [0.1, 0.15) is 23.9 Å². The molecule has 6 nitrogen and oxygen atoms in total. The van der Waals surface area contributed by atoms with Crippen LogP contribution in [0.4, 0.5) is 5.69 Å². The van der Waals surface area contributed by atoms with Gasteiger partial charge in [0.2, 0.25) is 0 Å². The van der Waals surface area contributed by atoms with Crippen LogP contribution in [0.5, 0.6) is 17.2 Å². The fourth-order valence-electron chi connectivity index (χ4n) is 5.06. The summed E-state index contributed by atoms with van der Waals surface area (Å²) in [6.07, 6.45) is 3.03. The van der Waals surface area contributed by atoms with Gasteiger partial charge < -0.3 is 29.1 Å². The van der Waals surface area contributed by atoms with Gasteiger partial charge in [0.15, 0.2) is 0 Å². The minimum absolute atomic E-state index is 0.355. The van der Waals surface area contributed by atoms with Crippen molar-refractivity contribution in [3.8, 4) is 17.2 Å². The lowest BCUT2D eigenvalue weighted by Crippen LogP contribution is -2.27. The number of fused-ring (bicyclic) bond motifs is 1. The smallest absolute Gasteiger partial charge is 0.120 e. The van der Waals surface area contributed by atoms with E-state index in [-0.39, 0.29) is 0 Å². The Labute approximate surface area is 221 Å². The minimum atomic E-state index is 0.355. The van der Waals surface area contributed by atoms with Crippen LogP contribution in [0, 0.1) is 0 Å². The van der Waals surface area contributed by atoms with Crippen molar-refractivity contribution in [1.82, 2.24) is 4.90 Å². The number of benzene rings is 3. The Bertz CT molecular complexity index is 1150. The molecule has 4 rings (SSSR count). The SMILES string of the molecule is COCCN(C)CCOc1ccc(CN(C)c2cc(OC)ccc2C2CCc3cc(O)ccc3C2)cc1. The van der Waals surface area contributed by atoms with E-state index in [0.717, 1.165) is 57.0 Å². The van der Waals surface area contributed by atoms with Gasteiger partial charge in [-0.25, -0.2) is 0 Å². The first-order valence-electron chi connectivity index (χ1n) is 13.1. The number of aromatic hydroxyl groups is 1. The van der Waals surface area contributed by atoms with Crippen molar-refractivity contribution in [3.63, 3.8) is 0 Å². The van der Waals surface area contributed by atoms with E-state index in [9.17, 15) is 5.11 Å². The Hall–Kier alpha value is -3.22. The van der Waals surface area contributed by atoms with Crippen LogP contribution in [0.2, 0.25) is 0 Å². The second-order valence-electron chi connectivity index (χ2n) is 9.96. The molecular weight excluding hydrogens is 464 g/mol. The Morgan fingerprint density at radius 3 is 2.38 bits per heavy atom. The molecule has 0 bridgehead atoms. The van der Waals surface area contributed by atoms with E-state index in [1.165, 1.54) is 27.9 Å². The topological polar surface area (TPSA) is 54.4 Å². The summed E-state index contributed by atoms with van der Waals surface area (Å²) in [5.41, 5.74) is 6.37. The van der Waals surface area contributed by atoms with Gasteiger partial charge in [-0.1, -0.05) is 24.3 Å². The Morgan fingerprint density at radius 1 is 0.865 bits per heavy atom. The van der Waals surface area contributed by atoms with E-state index in [0.29, 0.717) is 18.3 Å². The van der Waals surface area contributed by atoms with Gasteiger partial charge in [0.25, 0.3) is 0 Å². The lowest BCUT2D eigenvalue weighted by atomic mass is 9.79. The standard InChI is InChI=1S/C31H40N2O4/c1-32(15-17-35-3)16-18-37-28-11-5-23(6-12-28)22-33(2)31-21-29(36-4)13-14-30(31)26-8-7-25-20-27(34)10-9-24(25)19-26/h5-6,9-14,20-21,26,34H,7-8,15-19,22H2,1-4H3. The fraction of sp³-hybridized carbons (Fsp3) is 0.419. The van der Waals surface area contributed by atoms with Gasteiger partial charge in [-0.2, -0.15) is 0 Å².